The largest absolute Gasteiger partial charge is 0.508 e. The summed E-state index contributed by atoms with van der Waals surface area (Å²) in [6.45, 7) is 0.277. The summed E-state index contributed by atoms with van der Waals surface area (Å²) in [6.07, 6.45) is 0. The number of fused-ring (bicyclic) bond motifs is 1. The Kier molecular flexibility index (Phi) is 4.99. The molecule has 3 aromatic rings. The molecule has 30 heavy (non-hydrogen) atoms. The van der Waals surface area contributed by atoms with Crippen LogP contribution in [0.15, 0.2) is 78.2 Å². The first-order chi connectivity index (χ1) is 14.6. The molecule has 146 valence electrons. The van der Waals surface area contributed by atoms with E-state index in [2.05, 4.69) is 12.1 Å². The van der Waals surface area contributed by atoms with Gasteiger partial charge in [-0.2, -0.15) is 10.5 Å². The van der Waals surface area contributed by atoms with Crippen molar-refractivity contribution in [2.45, 2.75) is 12.5 Å². The average molecular weight is 395 g/mol. The number of phenolic OH excluding ortho intramolecular Hbond substituents is 1. The second-order valence-corrected chi connectivity index (χ2v) is 6.77. The van der Waals surface area contributed by atoms with E-state index in [0.29, 0.717) is 22.6 Å². The fourth-order valence-electron chi connectivity index (χ4n) is 3.46. The van der Waals surface area contributed by atoms with E-state index < -0.39 is 5.92 Å². The van der Waals surface area contributed by atoms with E-state index >= 15 is 0 Å². The molecule has 1 aliphatic heterocycles. The average Bonchev–Trinajstić information content (AvgIpc) is 2.77. The van der Waals surface area contributed by atoms with Crippen LogP contribution in [-0.4, -0.2) is 5.11 Å². The number of phenols is 1. The van der Waals surface area contributed by atoms with E-state index in [1.807, 2.05) is 42.5 Å². The highest BCUT2D eigenvalue weighted by atomic mass is 16.5. The zero-order valence-corrected chi connectivity index (χ0v) is 15.9. The second-order valence-electron chi connectivity index (χ2n) is 6.77. The predicted molar refractivity (Wildman–Crippen MR) is 109 cm³/mol. The zero-order chi connectivity index (χ0) is 21.1. The molecule has 0 bridgehead atoms. The maximum absolute atomic E-state index is 9.74. The van der Waals surface area contributed by atoms with Crippen LogP contribution < -0.4 is 15.2 Å². The van der Waals surface area contributed by atoms with Gasteiger partial charge in [0.05, 0.1) is 17.6 Å². The van der Waals surface area contributed by atoms with Crippen LogP contribution in [0.2, 0.25) is 0 Å². The SMILES string of the molecule is N#CC1=C(N)Oc2cc(O)ccc2[C@@H]1c1ccc(OCc2ccccc2C#N)cc1. The van der Waals surface area contributed by atoms with Gasteiger partial charge in [0.15, 0.2) is 0 Å². The molecule has 4 rings (SSSR count). The van der Waals surface area contributed by atoms with Gasteiger partial charge in [0, 0.05) is 17.2 Å². The van der Waals surface area contributed by atoms with Crippen LogP contribution in [0.5, 0.6) is 17.2 Å². The Hall–Kier alpha value is -4.42. The number of benzene rings is 3. The molecule has 0 amide bonds. The summed E-state index contributed by atoms with van der Waals surface area (Å²) in [6, 6.07) is 23.7. The molecule has 0 fully saturated rings. The summed E-state index contributed by atoms with van der Waals surface area (Å²) in [5.74, 6) is 0.730. The van der Waals surface area contributed by atoms with Gasteiger partial charge in [-0.15, -0.1) is 0 Å². The number of nitriles is 2. The smallest absolute Gasteiger partial charge is 0.205 e. The molecule has 0 aliphatic carbocycles. The highest BCUT2D eigenvalue weighted by Crippen LogP contribution is 2.43. The normalized spacial score (nSPS) is 14.8. The standard InChI is InChI=1S/C24H17N3O3/c25-12-16-3-1-2-4-17(16)14-29-19-8-5-15(6-9-19)23-20-10-7-18(28)11-22(20)30-24(27)21(23)13-26/h1-11,23,28H,14,27H2/t23-/m0/s1. The zero-order valence-electron chi connectivity index (χ0n) is 15.9. The van der Waals surface area contributed by atoms with E-state index in [9.17, 15) is 15.6 Å². The van der Waals surface area contributed by atoms with Gasteiger partial charge < -0.3 is 20.3 Å². The van der Waals surface area contributed by atoms with Crippen LogP contribution in [0.25, 0.3) is 0 Å². The lowest BCUT2D eigenvalue weighted by atomic mass is 9.83. The van der Waals surface area contributed by atoms with E-state index in [4.69, 9.17) is 15.2 Å². The Labute approximate surface area is 173 Å². The van der Waals surface area contributed by atoms with E-state index in [1.54, 1.807) is 18.2 Å². The first kappa shape index (κ1) is 18.9. The first-order valence-electron chi connectivity index (χ1n) is 9.22. The van der Waals surface area contributed by atoms with Gasteiger partial charge in [0.25, 0.3) is 0 Å². The molecule has 3 aromatic carbocycles. The van der Waals surface area contributed by atoms with Crippen LogP contribution in [0.3, 0.4) is 0 Å². The summed E-state index contributed by atoms with van der Waals surface area (Å²) in [5.41, 5.74) is 9.24. The minimum atomic E-state index is -0.410. The maximum Gasteiger partial charge on any atom is 0.205 e. The monoisotopic (exact) mass is 395 g/mol. The molecule has 1 heterocycles. The van der Waals surface area contributed by atoms with E-state index in [1.165, 1.54) is 6.07 Å². The molecule has 0 spiro atoms. The van der Waals surface area contributed by atoms with Crippen molar-refractivity contribution in [1.82, 2.24) is 0 Å². The molecular weight excluding hydrogens is 378 g/mol. The summed E-state index contributed by atoms with van der Waals surface area (Å²) >= 11 is 0. The molecule has 0 radical (unpaired) electrons. The number of nitrogens with zero attached hydrogens (tertiary/aromatic N) is 2. The Morgan fingerprint density at radius 2 is 1.77 bits per heavy atom. The Morgan fingerprint density at radius 1 is 1.00 bits per heavy atom. The number of hydrogen-bond acceptors (Lipinski definition) is 6. The van der Waals surface area contributed by atoms with Crippen LogP contribution in [0.4, 0.5) is 0 Å². The molecule has 0 saturated carbocycles. The van der Waals surface area contributed by atoms with Crippen molar-refractivity contribution in [3.63, 3.8) is 0 Å². The fraction of sp³-hybridized carbons (Fsp3) is 0.0833. The molecule has 1 aliphatic rings. The van der Waals surface area contributed by atoms with Gasteiger partial charge in [-0.05, 0) is 29.8 Å². The number of hydrogen-bond donors (Lipinski definition) is 2. The van der Waals surface area contributed by atoms with Crippen LogP contribution >= 0.6 is 0 Å². The van der Waals surface area contributed by atoms with Gasteiger partial charge in [-0.3, -0.25) is 0 Å². The molecule has 6 nitrogen and oxygen atoms in total. The van der Waals surface area contributed by atoms with Crippen LogP contribution in [0, 0.1) is 22.7 Å². The summed E-state index contributed by atoms with van der Waals surface area (Å²) in [7, 11) is 0. The fourth-order valence-corrected chi connectivity index (χ4v) is 3.46. The summed E-state index contributed by atoms with van der Waals surface area (Å²) < 4.78 is 11.4. The Bertz CT molecular complexity index is 1220. The lowest BCUT2D eigenvalue weighted by Crippen LogP contribution is -2.20. The van der Waals surface area contributed by atoms with Crippen molar-refractivity contribution in [3.05, 3.63) is 100 Å². The van der Waals surface area contributed by atoms with Gasteiger partial charge in [0.1, 0.15) is 35.5 Å². The number of allylic oxidation sites excluding steroid dienone is 1. The van der Waals surface area contributed by atoms with Gasteiger partial charge >= 0.3 is 0 Å². The molecule has 1 atom stereocenters. The molecule has 0 saturated heterocycles. The third kappa shape index (κ3) is 3.50. The minimum absolute atomic E-state index is 0.0223. The third-order valence-electron chi connectivity index (χ3n) is 4.95. The Morgan fingerprint density at radius 3 is 2.50 bits per heavy atom. The van der Waals surface area contributed by atoms with Crippen LogP contribution in [0.1, 0.15) is 28.2 Å². The summed E-state index contributed by atoms with van der Waals surface area (Å²) in [5, 5.41) is 28.6. The molecule has 3 N–H and O–H groups in total. The number of rotatable bonds is 4. The van der Waals surface area contributed by atoms with Gasteiger partial charge in [-0.1, -0.05) is 36.4 Å². The van der Waals surface area contributed by atoms with E-state index in [-0.39, 0.29) is 18.2 Å². The molecule has 6 heteroatoms. The first-order valence-corrected chi connectivity index (χ1v) is 9.22. The topological polar surface area (TPSA) is 112 Å². The van der Waals surface area contributed by atoms with Crippen molar-refractivity contribution >= 4 is 0 Å². The Balaban J connectivity index is 1.61. The number of nitrogens with two attached hydrogens (primary N) is 1. The van der Waals surface area contributed by atoms with E-state index in [0.717, 1.165) is 16.7 Å². The molecule has 0 unspecified atom stereocenters. The summed E-state index contributed by atoms with van der Waals surface area (Å²) in [4.78, 5) is 0. The van der Waals surface area contributed by atoms with Crippen LogP contribution in [-0.2, 0) is 6.61 Å². The molecular formula is C24H17N3O3. The highest BCUT2D eigenvalue weighted by Gasteiger charge is 2.30. The molecule has 0 aromatic heterocycles. The van der Waals surface area contributed by atoms with Crippen molar-refractivity contribution < 1.29 is 14.6 Å². The van der Waals surface area contributed by atoms with Crippen molar-refractivity contribution in [2.24, 2.45) is 5.73 Å². The van der Waals surface area contributed by atoms with Crippen molar-refractivity contribution in [3.8, 4) is 29.4 Å². The lowest BCUT2D eigenvalue weighted by molar-refractivity contribution is 0.306. The third-order valence-corrected chi connectivity index (χ3v) is 4.95. The number of aromatic hydroxyl groups is 1. The second kappa shape index (κ2) is 7.90. The quantitative estimate of drug-likeness (QED) is 0.689. The predicted octanol–water partition coefficient (Wildman–Crippen LogP) is 4.06. The van der Waals surface area contributed by atoms with Crippen molar-refractivity contribution in [2.75, 3.05) is 0 Å². The van der Waals surface area contributed by atoms with Gasteiger partial charge in [-0.25, -0.2) is 0 Å². The highest BCUT2D eigenvalue weighted by molar-refractivity contribution is 5.57. The minimum Gasteiger partial charge on any atom is -0.508 e. The number of ether oxygens (including phenoxy) is 2. The maximum atomic E-state index is 9.74. The lowest BCUT2D eigenvalue weighted by Gasteiger charge is -2.26. The van der Waals surface area contributed by atoms with Crippen molar-refractivity contribution in [1.29, 1.82) is 10.5 Å². The van der Waals surface area contributed by atoms with Gasteiger partial charge in [0.2, 0.25) is 5.88 Å².